The van der Waals surface area contributed by atoms with Crippen molar-refractivity contribution in [2.45, 2.75) is 47.2 Å². The van der Waals surface area contributed by atoms with Gasteiger partial charge in [-0.1, -0.05) is 12.1 Å². The molecule has 0 atom stereocenters. The van der Waals surface area contributed by atoms with Crippen LogP contribution in [0, 0.1) is 6.92 Å². The average molecular weight is 506 g/mol. The zero-order valence-electron chi connectivity index (χ0n) is 18.4. The van der Waals surface area contributed by atoms with Gasteiger partial charge >= 0.3 is 0 Å². The number of nitrogens with one attached hydrogen (secondary N) is 2. The molecule has 0 bridgehead atoms. The van der Waals surface area contributed by atoms with E-state index in [4.69, 9.17) is 14.5 Å². The van der Waals surface area contributed by atoms with Gasteiger partial charge in [-0.15, -0.1) is 24.0 Å². The lowest BCUT2D eigenvalue weighted by molar-refractivity contribution is 0.110. The monoisotopic (exact) mass is 506 g/mol. The number of aryl methyl sites for hydroxylation is 1. The van der Waals surface area contributed by atoms with Crippen molar-refractivity contribution in [1.29, 1.82) is 0 Å². The van der Waals surface area contributed by atoms with E-state index in [0.717, 1.165) is 36.9 Å². The topological polar surface area (TPSA) is 58.1 Å². The van der Waals surface area contributed by atoms with E-state index in [0.29, 0.717) is 32.4 Å². The minimum absolute atomic E-state index is 0. The van der Waals surface area contributed by atoms with Crippen LogP contribution in [-0.4, -0.2) is 63.4 Å². The fraction of sp³-hybridized carbons (Fsp3) is 0.667. The van der Waals surface area contributed by atoms with Crippen LogP contribution in [0.5, 0.6) is 5.75 Å². The smallest absolute Gasteiger partial charge is 0.191 e. The van der Waals surface area contributed by atoms with Crippen LogP contribution < -0.4 is 15.4 Å². The fourth-order valence-corrected chi connectivity index (χ4v) is 2.40. The lowest BCUT2D eigenvalue weighted by atomic mass is 10.1. The maximum absolute atomic E-state index is 5.91. The van der Waals surface area contributed by atoms with Crippen molar-refractivity contribution in [2.75, 3.05) is 46.5 Å². The molecule has 0 unspecified atom stereocenters. The van der Waals surface area contributed by atoms with Gasteiger partial charge in [0.2, 0.25) is 0 Å². The van der Waals surface area contributed by atoms with Gasteiger partial charge in [0.25, 0.3) is 0 Å². The molecule has 0 aliphatic rings. The molecular weight excluding hydrogens is 467 g/mol. The highest BCUT2D eigenvalue weighted by Crippen LogP contribution is 2.21. The van der Waals surface area contributed by atoms with Crippen LogP contribution >= 0.6 is 24.0 Å². The first kappa shape index (κ1) is 26.9. The highest BCUT2D eigenvalue weighted by atomic mass is 127. The summed E-state index contributed by atoms with van der Waals surface area (Å²) in [5.41, 5.74) is 2.25. The highest BCUT2D eigenvalue weighted by molar-refractivity contribution is 14.0. The molecule has 2 N–H and O–H groups in total. The second-order valence-corrected chi connectivity index (χ2v) is 6.85. The summed E-state index contributed by atoms with van der Waals surface area (Å²) in [5, 5.41) is 6.71. The molecule has 0 saturated heterocycles. The standard InChI is InChI=1S/C21H38N4O2.HI/c1-7-22-21(23-11-12-25(6)17(3)4)24-16-19-10-9-18(5)15-20(19)27-14-13-26-8-2;/h9-10,15,17H,7-8,11-14,16H2,1-6H3,(H2,22,23,24);1H. The largest absolute Gasteiger partial charge is 0.491 e. The van der Waals surface area contributed by atoms with Crippen LogP contribution in [0.3, 0.4) is 0 Å². The summed E-state index contributed by atoms with van der Waals surface area (Å²) in [6.45, 7) is 15.6. The molecule has 28 heavy (non-hydrogen) atoms. The second-order valence-electron chi connectivity index (χ2n) is 6.85. The summed E-state index contributed by atoms with van der Waals surface area (Å²) in [7, 11) is 2.13. The maximum Gasteiger partial charge on any atom is 0.191 e. The molecular formula is C21H39IN4O2. The summed E-state index contributed by atoms with van der Waals surface area (Å²) in [5.74, 6) is 1.71. The second kappa shape index (κ2) is 15.8. The lowest BCUT2D eigenvalue weighted by Gasteiger charge is -2.21. The van der Waals surface area contributed by atoms with E-state index < -0.39 is 0 Å². The Balaban J connectivity index is 0.00000729. The van der Waals surface area contributed by atoms with Crippen molar-refractivity contribution in [1.82, 2.24) is 15.5 Å². The van der Waals surface area contributed by atoms with Gasteiger partial charge in [0.05, 0.1) is 13.2 Å². The Kier molecular flexibility index (Phi) is 15.2. The van der Waals surface area contributed by atoms with E-state index in [1.165, 1.54) is 5.56 Å². The summed E-state index contributed by atoms with van der Waals surface area (Å²) in [6, 6.07) is 6.79. The van der Waals surface area contributed by atoms with E-state index in [2.05, 4.69) is 68.5 Å². The number of hydrogen-bond acceptors (Lipinski definition) is 4. The van der Waals surface area contributed by atoms with Crippen molar-refractivity contribution < 1.29 is 9.47 Å². The minimum Gasteiger partial charge on any atom is -0.491 e. The number of hydrogen-bond donors (Lipinski definition) is 2. The molecule has 1 aromatic rings. The molecule has 6 nitrogen and oxygen atoms in total. The Morgan fingerprint density at radius 1 is 1.18 bits per heavy atom. The third-order valence-corrected chi connectivity index (χ3v) is 4.30. The molecule has 0 aliphatic heterocycles. The van der Waals surface area contributed by atoms with Gasteiger partial charge < -0.3 is 25.0 Å². The minimum atomic E-state index is 0. The summed E-state index contributed by atoms with van der Waals surface area (Å²) in [4.78, 5) is 7.03. The van der Waals surface area contributed by atoms with Gasteiger partial charge in [-0.05, 0) is 53.3 Å². The van der Waals surface area contributed by atoms with Crippen molar-refractivity contribution >= 4 is 29.9 Å². The average Bonchev–Trinajstić information content (AvgIpc) is 2.64. The molecule has 7 heteroatoms. The lowest BCUT2D eigenvalue weighted by Crippen LogP contribution is -2.42. The van der Waals surface area contributed by atoms with Crippen LogP contribution in [0.4, 0.5) is 0 Å². The van der Waals surface area contributed by atoms with Crippen LogP contribution in [0.2, 0.25) is 0 Å². The molecule has 1 aromatic carbocycles. The summed E-state index contributed by atoms with van der Waals surface area (Å²) in [6.07, 6.45) is 0. The van der Waals surface area contributed by atoms with Crippen LogP contribution in [0.25, 0.3) is 0 Å². The Morgan fingerprint density at radius 3 is 2.57 bits per heavy atom. The molecule has 0 spiro atoms. The van der Waals surface area contributed by atoms with E-state index >= 15 is 0 Å². The van der Waals surface area contributed by atoms with E-state index in [-0.39, 0.29) is 24.0 Å². The molecule has 0 saturated carbocycles. The number of aliphatic imine (C=N–C) groups is 1. The molecule has 0 radical (unpaired) electrons. The highest BCUT2D eigenvalue weighted by Gasteiger charge is 2.06. The SMILES string of the molecule is CCNC(=NCc1ccc(C)cc1OCCOCC)NCCN(C)C(C)C.I. The first-order valence-corrected chi connectivity index (χ1v) is 10.00. The molecule has 0 amide bonds. The number of ether oxygens (including phenoxy) is 2. The van der Waals surface area contributed by atoms with Crippen molar-refractivity contribution in [2.24, 2.45) is 4.99 Å². The Labute approximate surface area is 188 Å². The molecule has 1 rings (SSSR count). The Bertz CT molecular complexity index is 567. The van der Waals surface area contributed by atoms with Crippen molar-refractivity contribution in [3.8, 4) is 5.75 Å². The first-order chi connectivity index (χ1) is 13.0. The molecule has 162 valence electrons. The maximum atomic E-state index is 5.91. The first-order valence-electron chi connectivity index (χ1n) is 10.00. The Hall–Kier alpha value is -1.06. The van der Waals surface area contributed by atoms with Gasteiger partial charge in [-0.2, -0.15) is 0 Å². The zero-order valence-corrected chi connectivity index (χ0v) is 20.7. The number of nitrogens with zero attached hydrogens (tertiary/aromatic N) is 2. The molecule has 0 aliphatic carbocycles. The summed E-state index contributed by atoms with van der Waals surface area (Å²) >= 11 is 0. The molecule has 0 fully saturated rings. The van der Waals surface area contributed by atoms with Crippen LogP contribution in [-0.2, 0) is 11.3 Å². The summed E-state index contributed by atoms with van der Waals surface area (Å²) < 4.78 is 11.3. The van der Waals surface area contributed by atoms with E-state index in [9.17, 15) is 0 Å². The van der Waals surface area contributed by atoms with E-state index in [1.54, 1.807) is 0 Å². The van der Waals surface area contributed by atoms with Crippen LogP contribution in [0.1, 0.15) is 38.8 Å². The molecule has 0 aromatic heterocycles. The van der Waals surface area contributed by atoms with Gasteiger partial charge in [-0.25, -0.2) is 4.99 Å². The van der Waals surface area contributed by atoms with E-state index in [1.807, 2.05) is 6.92 Å². The van der Waals surface area contributed by atoms with Crippen molar-refractivity contribution in [3.63, 3.8) is 0 Å². The number of likely N-dealkylation sites (N-methyl/N-ethyl adjacent to an activating group) is 1. The van der Waals surface area contributed by atoms with Gasteiger partial charge in [-0.3, -0.25) is 0 Å². The molecule has 0 heterocycles. The third kappa shape index (κ3) is 11.1. The van der Waals surface area contributed by atoms with Crippen LogP contribution in [0.15, 0.2) is 23.2 Å². The normalized spacial score (nSPS) is 11.5. The number of guanidine groups is 1. The Morgan fingerprint density at radius 2 is 1.93 bits per heavy atom. The predicted molar refractivity (Wildman–Crippen MR) is 129 cm³/mol. The van der Waals surface area contributed by atoms with Gasteiger partial charge in [0, 0.05) is 37.8 Å². The fourth-order valence-electron chi connectivity index (χ4n) is 2.40. The zero-order chi connectivity index (χ0) is 20.1. The predicted octanol–water partition coefficient (Wildman–Crippen LogP) is 3.42. The quantitative estimate of drug-likeness (QED) is 0.197. The third-order valence-electron chi connectivity index (χ3n) is 4.30. The van der Waals surface area contributed by atoms with Gasteiger partial charge in [0.15, 0.2) is 5.96 Å². The number of rotatable bonds is 12. The number of halogens is 1. The number of benzene rings is 1. The van der Waals surface area contributed by atoms with Gasteiger partial charge in [0.1, 0.15) is 12.4 Å². The van der Waals surface area contributed by atoms with Crippen molar-refractivity contribution in [3.05, 3.63) is 29.3 Å².